The molecule has 1 saturated heterocycles. The van der Waals surface area contributed by atoms with Crippen molar-refractivity contribution in [1.29, 1.82) is 0 Å². The zero-order valence-electron chi connectivity index (χ0n) is 6.63. The van der Waals surface area contributed by atoms with Gasteiger partial charge >= 0.3 is 0 Å². The smallest absolute Gasteiger partial charge is 0.123 e. The van der Waals surface area contributed by atoms with Crippen LogP contribution >= 0.6 is 11.6 Å². The van der Waals surface area contributed by atoms with Gasteiger partial charge in [0.15, 0.2) is 0 Å². The Kier molecular flexibility index (Phi) is 1.64. The Balaban J connectivity index is 2.25. The van der Waals surface area contributed by atoms with Crippen molar-refractivity contribution in [1.82, 2.24) is 0 Å². The number of hydrogen-bond donors (Lipinski definition) is 0. The highest BCUT2D eigenvalue weighted by Crippen LogP contribution is 2.50. The Morgan fingerprint density at radius 2 is 2.09 bits per heavy atom. The maximum absolute atomic E-state index is 6.23. The second-order valence-corrected chi connectivity index (χ2v) is 4.05. The van der Waals surface area contributed by atoms with E-state index in [1.165, 1.54) is 5.57 Å². The predicted molar refractivity (Wildman–Crippen MR) is 50.3 cm³/mol. The van der Waals surface area contributed by atoms with Gasteiger partial charge in [0.05, 0.1) is 0 Å². The molecule has 0 aromatic heterocycles. The van der Waals surface area contributed by atoms with Crippen LogP contribution < -0.4 is 0 Å². The fourth-order valence-corrected chi connectivity index (χ4v) is 2.70. The molecule has 11 heavy (non-hydrogen) atoms. The lowest BCUT2D eigenvalue weighted by molar-refractivity contribution is 0.608. The van der Waals surface area contributed by atoms with E-state index in [2.05, 4.69) is 32.9 Å². The number of rotatable bonds is 1. The second kappa shape index (κ2) is 2.41. The Hall–Kier alpha value is -0.165. The molecule has 1 radical (unpaired) electrons. The van der Waals surface area contributed by atoms with Gasteiger partial charge in [0, 0.05) is 5.38 Å². The van der Waals surface area contributed by atoms with Crippen molar-refractivity contribution in [3.8, 4) is 0 Å². The van der Waals surface area contributed by atoms with Crippen LogP contribution in [0.1, 0.15) is 6.92 Å². The van der Waals surface area contributed by atoms with Crippen LogP contribution in [-0.2, 0) is 0 Å². The van der Waals surface area contributed by atoms with Crippen molar-refractivity contribution in [2.24, 2.45) is 5.92 Å². The number of hydrogen-bond acceptors (Lipinski definition) is 0. The van der Waals surface area contributed by atoms with Crippen molar-refractivity contribution in [3.63, 3.8) is 0 Å². The summed E-state index contributed by atoms with van der Waals surface area (Å²) in [5.41, 5.74) is 1.22. The molecular formula is C9H11BCl. The van der Waals surface area contributed by atoms with Gasteiger partial charge in [-0.15, -0.1) is 11.6 Å². The summed E-state index contributed by atoms with van der Waals surface area (Å²) in [6, 6.07) is 0. The van der Waals surface area contributed by atoms with Gasteiger partial charge in [0.25, 0.3) is 0 Å². The molecule has 0 nitrogen and oxygen atoms in total. The summed E-state index contributed by atoms with van der Waals surface area (Å²) in [7, 11) is 2.33. The monoisotopic (exact) mass is 165 g/mol. The summed E-state index contributed by atoms with van der Waals surface area (Å²) in [5, 5.41) is 0.266. The van der Waals surface area contributed by atoms with Crippen LogP contribution in [0.4, 0.5) is 0 Å². The molecule has 0 aromatic carbocycles. The average Bonchev–Trinajstić information content (AvgIpc) is 2.44. The van der Waals surface area contributed by atoms with Gasteiger partial charge in [0.2, 0.25) is 0 Å². The molecule has 1 fully saturated rings. The Morgan fingerprint density at radius 3 is 2.45 bits per heavy atom. The lowest BCUT2D eigenvalue weighted by atomic mass is 9.64. The van der Waals surface area contributed by atoms with E-state index in [9.17, 15) is 0 Å². The van der Waals surface area contributed by atoms with Crippen LogP contribution in [-0.4, -0.2) is 12.7 Å². The van der Waals surface area contributed by atoms with Crippen LogP contribution in [0.15, 0.2) is 24.3 Å². The second-order valence-electron chi connectivity index (χ2n) is 3.55. The average molecular weight is 165 g/mol. The first-order valence-corrected chi connectivity index (χ1v) is 4.46. The molecule has 0 aromatic rings. The summed E-state index contributed by atoms with van der Waals surface area (Å²) in [6.45, 7) is 6.04. The molecule has 57 valence electrons. The molecule has 0 aliphatic carbocycles. The molecule has 0 saturated carbocycles. The molecule has 4 unspecified atom stereocenters. The third-order valence-electron chi connectivity index (χ3n) is 2.69. The molecule has 0 spiro atoms. The van der Waals surface area contributed by atoms with Crippen molar-refractivity contribution >= 4 is 18.9 Å². The van der Waals surface area contributed by atoms with Crippen molar-refractivity contribution in [2.45, 2.75) is 23.9 Å². The zero-order valence-corrected chi connectivity index (χ0v) is 7.38. The van der Waals surface area contributed by atoms with Gasteiger partial charge in [-0.05, 0) is 24.5 Å². The van der Waals surface area contributed by atoms with Gasteiger partial charge in [-0.3, -0.25) is 0 Å². The normalized spacial score (nSPS) is 46.0. The van der Waals surface area contributed by atoms with Crippen LogP contribution in [0.25, 0.3) is 0 Å². The Morgan fingerprint density at radius 1 is 1.45 bits per heavy atom. The van der Waals surface area contributed by atoms with Gasteiger partial charge < -0.3 is 0 Å². The highest BCUT2D eigenvalue weighted by Gasteiger charge is 2.44. The topological polar surface area (TPSA) is 0 Å². The summed E-state index contributed by atoms with van der Waals surface area (Å²) < 4.78 is 0. The Labute approximate surface area is 73.6 Å². The lowest BCUT2D eigenvalue weighted by Gasteiger charge is -2.23. The van der Waals surface area contributed by atoms with Gasteiger partial charge in [-0.25, -0.2) is 0 Å². The molecule has 2 aliphatic rings. The van der Waals surface area contributed by atoms with E-state index >= 15 is 0 Å². The van der Waals surface area contributed by atoms with E-state index in [1.54, 1.807) is 0 Å². The molecule has 2 heterocycles. The molecular weight excluding hydrogens is 154 g/mol. The van der Waals surface area contributed by atoms with Crippen molar-refractivity contribution in [3.05, 3.63) is 24.3 Å². The fraction of sp³-hybridized carbons (Fsp3) is 0.556. The lowest BCUT2D eigenvalue weighted by Crippen LogP contribution is -2.15. The molecule has 4 atom stereocenters. The van der Waals surface area contributed by atoms with Gasteiger partial charge in [-0.1, -0.05) is 24.3 Å². The molecule has 2 bridgehead atoms. The quantitative estimate of drug-likeness (QED) is 0.318. The molecule has 0 amide bonds. The largest absolute Gasteiger partial charge is 0.130 e. The van der Waals surface area contributed by atoms with Crippen LogP contribution in [0, 0.1) is 5.92 Å². The van der Waals surface area contributed by atoms with E-state index < -0.39 is 0 Å². The maximum Gasteiger partial charge on any atom is 0.130 e. The minimum atomic E-state index is 0.266. The van der Waals surface area contributed by atoms with Gasteiger partial charge in [0.1, 0.15) is 7.28 Å². The minimum absolute atomic E-state index is 0.266. The predicted octanol–water partition coefficient (Wildman–Crippen LogP) is 2.65. The standard InChI is InChI=1S/C9H11BCl/c1-5(2)8-6-3-4-7(10-6)9(8)11/h3-4,6-9H,1H2,2H3. The third-order valence-corrected chi connectivity index (χ3v) is 3.26. The number of alkyl halides is 1. The summed E-state index contributed by atoms with van der Waals surface area (Å²) in [4.78, 5) is 0. The third kappa shape index (κ3) is 0.979. The highest BCUT2D eigenvalue weighted by molar-refractivity contribution is 6.48. The first-order valence-electron chi connectivity index (χ1n) is 4.03. The number of halogens is 1. The minimum Gasteiger partial charge on any atom is -0.123 e. The van der Waals surface area contributed by atoms with E-state index in [0.29, 0.717) is 17.6 Å². The molecule has 0 N–H and O–H groups in total. The maximum atomic E-state index is 6.23. The van der Waals surface area contributed by atoms with E-state index in [-0.39, 0.29) is 5.38 Å². The molecule has 2 heteroatoms. The summed E-state index contributed by atoms with van der Waals surface area (Å²) in [5.74, 6) is 1.56. The fourth-order valence-electron chi connectivity index (χ4n) is 2.15. The first kappa shape index (κ1) is 7.48. The van der Waals surface area contributed by atoms with Gasteiger partial charge in [-0.2, -0.15) is 0 Å². The van der Waals surface area contributed by atoms with Crippen LogP contribution in [0.5, 0.6) is 0 Å². The van der Waals surface area contributed by atoms with E-state index in [0.717, 1.165) is 0 Å². The number of allylic oxidation sites excluding steroid dienone is 3. The SMILES string of the molecule is C=C(C)C1C2[B]C(C=C2)C1Cl. The van der Waals surface area contributed by atoms with Crippen molar-refractivity contribution in [2.75, 3.05) is 0 Å². The van der Waals surface area contributed by atoms with Crippen LogP contribution in [0.3, 0.4) is 0 Å². The summed E-state index contributed by atoms with van der Waals surface area (Å²) in [6.07, 6.45) is 4.46. The summed E-state index contributed by atoms with van der Waals surface area (Å²) >= 11 is 6.23. The molecule has 2 aliphatic heterocycles. The molecule has 2 rings (SSSR count). The highest BCUT2D eigenvalue weighted by atomic mass is 35.5. The van der Waals surface area contributed by atoms with E-state index in [1.807, 2.05) is 0 Å². The first-order chi connectivity index (χ1) is 5.20. The van der Waals surface area contributed by atoms with E-state index in [4.69, 9.17) is 11.6 Å². The van der Waals surface area contributed by atoms with Crippen molar-refractivity contribution < 1.29 is 0 Å². The number of fused-ring (bicyclic) bond motifs is 2. The van der Waals surface area contributed by atoms with Crippen LogP contribution in [0.2, 0.25) is 11.6 Å². The Bertz CT molecular complexity index is 222. The zero-order chi connectivity index (χ0) is 8.01.